The van der Waals surface area contributed by atoms with Crippen LogP contribution < -0.4 is 15.5 Å². The van der Waals surface area contributed by atoms with Crippen LogP contribution in [-0.2, 0) is 26.5 Å². The number of carbonyl (C=O) groups excluding carboxylic acids is 3. The van der Waals surface area contributed by atoms with Crippen LogP contribution >= 0.6 is 0 Å². The van der Waals surface area contributed by atoms with Gasteiger partial charge >= 0.3 is 0 Å². The van der Waals surface area contributed by atoms with Crippen molar-refractivity contribution in [3.63, 3.8) is 0 Å². The van der Waals surface area contributed by atoms with E-state index in [2.05, 4.69) is 10.6 Å². The molecule has 9 heteroatoms. The lowest BCUT2D eigenvalue weighted by molar-refractivity contribution is -0.139. The summed E-state index contributed by atoms with van der Waals surface area (Å²) in [6, 6.07) is 14.4. The summed E-state index contributed by atoms with van der Waals surface area (Å²) in [4.78, 5) is 42.7. The lowest BCUT2D eigenvalue weighted by atomic mass is 9.82. The van der Waals surface area contributed by atoms with Gasteiger partial charge in [-0.1, -0.05) is 49.4 Å². The van der Waals surface area contributed by atoms with E-state index < -0.39 is 17.4 Å². The van der Waals surface area contributed by atoms with Crippen molar-refractivity contribution >= 4 is 29.1 Å². The molecular formula is C31H38N4O5. The van der Waals surface area contributed by atoms with Crippen molar-refractivity contribution in [2.75, 3.05) is 29.9 Å². The van der Waals surface area contributed by atoms with E-state index in [4.69, 9.17) is 0 Å². The molecule has 0 aromatic heterocycles. The minimum absolute atomic E-state index is 0.0518. The zero-order chi connectivity index (χ0) is 28.3. The highest BCUT2D eigenvalue weighted by Gasteiger charge is 2.52. The lowest BCUT2D eigenvalue weighted by Crippen LogP contribution is -2.44. The summed E-state index contributed by atoms with van der Waals surface area (Å²) in [7, 11) is 0. The molecule has 4 N–H and O–H groups in total. The fourth-order valence-electron chi connectivity index (χ4n) is 6.07. The number of fused-ring (bicyclic) bond motifs is 1. The summed E-state index contributed by atoms with van der Waals surface area (Å²) in [6.45, 7) is 3.43. The molecule has 0 radical (unpaired) electrons. The minimum Gasteiger partial charge on any atom is -0.394 e. The van der Waals surface area contributed by atoms with Gasteiger partial charge < -0.3 is 30.6 Å². The minimum atomic E-state index is -1.88. The first-order chi connectivity index (χ1) is 19.3. The summed E-state index contributed by atoms with van der Waals surface area (Å²) >= 11 is 0. The average molecular weight is 547 g/mol. The normalized spacial score (nSPS) is 25.0. The van der Waals surface area contributed by atoms with Gasteiger partial charge in [0.15, 0.2) is 5.60 Å². The number of nitrogens with zero attached hydrogens (tertiary/aromatic N) is 2. The second kappa shape index (κ2) is 11.9. The van der Waals surface area contributed by atoms with Gasteiger partial charge in [0, 0.05) is 30.1 Å². The van der Waals surface area contributed by atoms with Crippen molar-refractivity contribution in [1.29, 1.82) is 0 Å². The Bertz CT molecular complexity index is 1280. The number of hydrogen-bond acceptors (Lipinski definition) is 6. The first-order valence-electron chi connectivity index (χ1n) is 14.2. The van der Waals surface area contributed by atoms with Gasteiger partial charge in [-0.05, 0) is 56.0 Å². The Balaban J connectivity index is 1.40. The van der Waals surface area contributed by atoms with Crippen LogP contribution in [0.5, 0.6) is 0 Å². The fourth-order valence-corrected chi connectivity index (χ4v) is 6.07. The van der Waals surface area contributed by atoms with E-state index in [1.54, 1.807) is 47.1 Å². The number of amides is 3. The van der Waals surface area contributed by atoms with Gasteiger partial charge in [-0.2, -0.15) is 0 Å². The van der Waals surface area contributed by atoms with Crippen molar-refractivity contribution in [3.05, 3.63) is 71.8 Å². The van der Waals surface area contributed by atoms with Crippen LogP contribution in [0.15, 0.2) is 60.7 Å². The fraction of sp³-hybridized carbons (Fsp3) is 0.452. The third-order valence-electron chi connectivity index (χ3n) is 8.38. The Morgan fingerprint density at radius 3 is 2.70 bits per heavy atom. The van der Waals surface area contributed by atoms with Crippen LogP contribution in [0, 0.1) is 5.92 Å². The maximum absolute atomic E-state index is 13.9. The van der Waals surface area contributed by atoms with E-state index in [0.717, 1.165) is 37.8 Å². The van der Waals surface area contributed by atoms with Crippen LogP contribution in [-0.4, -0.2) is 64.6 Å². The molecule has 3 aliphatic rings. The van der Waals surface area contributed by atoms with E-state index in [0.29, 0.717) is 30.0 Å². The van der Waals surface area contributed by atoms with Gasteiger partial charge in [0.05, 0.1) is 30.9 Å². The number of anilines is 2. The number of nitrogens with one attached hydrogen (secondary N) is 2. The number of rotatable bonds is 9. The quantitative estimate of drug-likeness (QED) is 0.359. The first-order valence-corrected chi connectivity index (χ1v) is 14.2. The molecule has 2 aromatic rings. The summed E-state index contributed by atoms with van der Waals surface area (Å²) in [5.74, 6) is -1.32. The molecule has 3 heterocycles. The second-order valence-corrected chi connectivity index (χ2v) is 11.0. The number of hydrogen-bond donors (Lipinski definition) is 4. The smallest absolute Gasteiger partial charge is 0.264 e. The molecule has 0 saturated carbocycles. The van der Waals surface area contributed by atoms with Crippen LogP contribution in [0.1, 0.15) is 50.2 Å². The molecule has 3 aliphatic heterocycles. The zero-order valence-electron chi connectivity index (χ0n) is 22.9. The number of aliphatic hydroxyl groups is 2. The molecule has 0 spiro atoms. The Labute approximate surface area is 234 Å². The molecule has 0 aliphatic carbocycles. The average Bonchev–Trinajstić information content (AvgIpc) is 3.71. The van der Waals surface area contributed by atoms with Crippen molar-refractivity contribution < 1.29 is 24.6 Å². The third-order valence-corrected chi connectivity index (χ3v) is 8.38. The van der Waals surface area contributed by atoms with E-state index in [-0.39, 0.29) is 36.9 Å². The molecule has 40 heavy (non-hydrogen) atoms. The predicted octanol–water partition coefficient (Wildman–Crippen LogP) is 2.68. The lowest BCUT2D eigenvalue weighted by Gasteiger charge is -2.28. The number of likely N-dealkylation sites (tertiary alicyclic amines) is 1. The van der Waals surface area contributed by atoms with Crippen molar-refractivity contribution in [3.8, 4) is 0 Å². The van der Waals surface area contributed by atoms with E-state index in [1.807, 2.05) is 30.3 Å². The Kier molecular flexibility index (Phi) is 8.35. The maximum atomic E-state index is 13.9. The number of carbonyl (C=O) groups is 3. The molecule has 0 bridgehead atoms. The van der Waals surface area contributed by atoms with Gasteiger partial charge in [0.25, 0.3) is 5.91 Å². The molecular weight excluding hydrogens is 508 g/mol. The van der Waals surface area contributed by atoms with Crippen LogP contribution in [0.3, 0.4) is 0 Å². The Morgan fingerprint density at radius 1 is 1.18 bits per heavy atom. The van der Waals surface area contributed by atoms with Crippen molar-refractivity contribution in [1.82, 2.24) is 10.2 Å². The molecule has 0 unspecified atom stereocenters. The highest BCUT2D eigenvalue weighted by Crippen LogP contribution is 2.47. The van der Waals surface area contributed by atoms with Crippen LogP contribution in [0.4, 0.5) is 11.4 Å². The summed E-state index contributed by atoms with van der Waals surface area (Å²) in [5, 5.41) is 27.7. The summed E-state index contributed by atoms with van der Waals surface area (Å²) < 4.78 is 0. The monoisotopic (exact) mass is 546 g/mol. The van der Waals surface area contributed by atoms with E-state index in [1.165, 1.54) is 0 Å². The standard InChI is InChI=1S/C31H38N4O5/c1-21(8-5-13-28(37)34-17-7-11-24(34)20-36)31(40)25-18-23(33-29(38)26-12-6-16-32-26)14-15-27(25)35(30(31)39)19-22-9-3-2-4-10-22/h2-5,8-10,14-15,18,21,24,26,32,36,40H,6-7,11-13,16-17,19-20H2,1H3,(H,33,38)/b8-5+/t21-,24+,26-,31+/m1/s1. The zero-order valence-corrected chi connectivity index (χ0v) is 22.9. The predicted molar refractivity (Wildman–Crippen MR) is 152 cm³/mol. The van der Waals surface area contributed by atoms with Gasteiger partial charge in [-0.3, -0.25) is 14.4 Å². The van der Waals surface area contributed by atoms with Gasteiger partial charge in [-0.15, -0.1) is 0 Å². The molecule has 212 valence electrons. The molecule has 3 amide bonds. The SMILES string of the molecule is C[C@H](/C=C/CC(=O)N1CCC[C@H]1CO)[C@@]1(O)C(=O)N(Cc2ccccc2)c2ccc(NC(=O)[C@H]3CCCN3)cc21. The van der Waals surface area contributed by atoms with Crippen LogP contribution in [0.25, 0.3) is 0 Å². The topological polar surface area (TPSA) is 122 Å². The largest absolute Gasteiger partial charge is 0.394 e. The number of aliphatic hydroxyl groups excluding tert-OH is 1. The van der Waals surface area contributed by atoms with Gasteiger partial charge in [0.2, 0.25) is 11.8 Å². The Hall–Kier alpha value is -3.53. The summed E-state index contributed by atoms with van der Waals surface area (Å²) in [5.41, 5.74) is 0.577. The van der Waals surface area contributed by atoms with E-state index in [9.17, 15) is 24.6 Å². The van der Waals surface area contributed by atoms with Gasteiger partial charge in [-0.25, -0.2) is 0 Å². The summed E-state index contributed by atoms with van der Waals surface area (Å²) in [6.07, 6.45) is 6.90. The number of benzene rings is 2. The first kappa shape index (κ1) is 28.0. The van der Waals surface area contributed by atoms with Crippen molar-refractivity contribution in [2.24, 2.45) is 5.92 Å². The molecule has 2 fully saturated rings. The Morgan fingerprint density at radius 2 is 1.98 bits per heavy atom. The third kappa shape index (κ3) is 5.41. The highest BCUT2D eigenvalue weighted by atomic mass is 16.3. The second-order valence-electron chi connectivity index (χ2n) is 11.0. The molecule has 4 atom stereocenters. The maximum Gasteiger partial charge on any atom is 0.264 e. The van der Waals surface area contributed by atoms with E-state index >= 15 is 0 Å². The molecule has 2 saturated heterocycles. The molecule has 2 aromatic carbocycles. The highest BCUT2D eigenvalue weighted by molar-refractivity contribution is 6.08. The molecule has 9 nitrogen and oxygen atoms in total. The van der Waals surface area contributed by atoms with Crippen LogP contribution in [0.2, 0.25) is 0 Å². The molecule has 5 rings (SSSR count). The van der Waals surface area contributed by atoms with Crippen molar-refractivity contribution in [2.45, 2.75) is 63.3 Å². The van der Waals surface area contributed by atoms with Gasteiger partial charge in [0.1, 0.15) is 0 Å².